The van der Waals surface area contributed by atoms with E-state index in [4.69, 9.17) is 24.2 Å². The van der Waals surface area contributed by atoms with E-state index in [1.54, 1.807) is 30.6 Å². The van der Waals surface area contributed by atoms with Crippen molar-refractivity contribution in [3.8, 4) is 51.3 Å². The summed E-state index contributed by atoms with van der Waals surface area (Å²) in [5, 5.41) is 27.0. The molecular weight excluding hydrogens is 693 g/mol. The van der Waals surface area contributed by atoms with Crippen molar-refractivity contribution in [2.75, 3.05) is 30.3 Å². The number of anilines is 2. The van der Waals surface area contributed by atoms with Gasteiger partial charge in [0.05, 0.1) is 24.1 Å². The van der Waals surface area contributed by atoms with Crippen LogP contribution in [0.3, 0.4) is 0 Å². The highest BCUT2D eigenvalue weighted by atomic mass is 16.5. The summed E-state index contributed by atoms with van der Waals surface area (Å²) in [7, 11) is 0. The minimum Gasteiger partial charge on any atom is -0.508 e. The zero-order chi connectivity index (χ0) is 38.4. The number of ether oxygens (including phenoxy) is 3. The molecule has 0 saturated carbocycles. The Morgan fingerprint density at radius 3 is 2.20 bits per heavy atom. The largest absolute Gasteiger partial charge is 0.508 e. The Bertz CT molecular complexity index is 2140. The molecule has 4 N–H and O–H groups in total. The van der Waals surface area contributed by atoms with Gasteiger partial charge in [-0.2, -0.15) is 0 Å². The van der Waals surface area contributed by atoms with Gasteiger partial charge in [0.15, 0.2) is 11.5 Å². The monoisotopic (exact) mass is 740 g/mol. The third-order valence-corrected chi connectivity index (χ3v) is 8.63. The lowest BCUT2D eigenvalue weighted by molar-refractivity contribution is 0.242. The van der Waals surface area contributed by atoms with Crippen molar-refractivity contribution in [3.05, 3.63) is 126 Å². The number of nitrogens with one attached hydrogen (secondary N) is 2. The van der Waals surface area contributed by atoms with E-state index in [9.17, 15) is 10.2 Å². The first-order chi connectivity index (χ1) is 26.8. The molecule has 4 aromatic carbocycles. The first-order valence-electron chi connectivity index (χ1n) is 18.7. The van der Waals surface area contributed by atoms with E-state index in [2.05, 4.69) is 27.5 Å². The van der Waals surface area contributed by atoms with Crippen LogP contribution in [-0.2, 0) is 19.4 Å². The Morgan fingerprint density at radius 2 is 1.42 bits per heavy atom. The van der Waals surface area contributed by atoms with Crippen molar-refractivity contribution >= 4 is 11.9 Å². The summed E-state index contributed by atoms with van der Waals surface area (Å²) in [5.41, 5.74) is 6.11. The molecule has 2 aromatic heterocycles. The predicted octanol–water partition coefficient (Wildman–Crippen LogP) is 8.87. The van der Waals surface area contributed by atoms with E-state index in [0.29, 0.717) is 49.5 Å². The summed E-state index contributed by atoms with van der Waals surface area (Å²) in [4.78, 5) is 18.6. The molecule has 0 amide bonds. The molecule has 55 heavy (non-hydrogen) atoms. The number of hydrogen-bond donors (Lipinski definition) is 4. The van der Waals surface area contributed by atoms with Crippen molar-refractivity contribution in [3.63, 3.8) is 0 Å². The van der Waals surface area contributed by atoms with Crippen LogP contribution in [0, 0.1) is 0 Å². The average Bonchev–Trinajstić information content (AvgIpc) is 3.19. The molecule has 0 unspecified atom stereocenters. The highest BCUT2D eigenvalue weighted by molar-refractivity contribution is 5.66. The number of phenolic OH excluding ortho intramolecular Hbond substituents is 2. The lowest BCUT2D eigenvalue weighted by Gasteiger charge is -2.15. The van der Waals surface area contributed by atoms with E-state index in [0.717, 1.165) is 64.3 Å². The highest BCUT2D eigenvalue weighted by Crippen LogP contribution is 2.31. The van der Waals surface area contributed by atoms with Gasteiger partial charge in [-0.1, -0.05) is 55.8 Å². The van der Waals surface area contributed by atoms with Gasteiger partial charge in [0, 0.05) is 42.2 Å². The average molecular weight is 741 g/mol. The standard InChI is InChI=1S/C44H48N6O5/c1-4-5-24-53-37-10-7-9-34(27-37)42-35(28-48-44(50-42)46-21-18-31-12-15-36(51)16-13-31)29-54-41-25-32(14-17-40(41)52)19-22-45-43-47-23-20-39(49-43)33-8-6-11-38(26-33)55-30(2)3/h6-17,20,23,25-28,30,51-52H,4-5,18-19,21-22,24,29H2,1-3H3,(H,45,47,49)(H,46,48,50). The maximum atomic E-state index is 10.8. The van der Waals surface area contributed by atoms with E-state index >= 15 is 0 Å². The van der Waals surface area contributed by atoms with Crippen LogP contribution in [0.5, 0.6) is 28.7 Å². The Labute approximate surface area is 322 Å². The summed E-state index contributed by atoms with van der Waals surface area (Å²) in [6.07, 6.45) is 6.96. The molecule has 0 aliphatic rings. The number of rotatable bonds is 19. The van der Waals surface area contributed by atoms with Crippen LogP contribution in [0.4, 0.5) is 11.9 Å². The number of aromatic hydroxyl groups is 2. The normalized spacial score (nSPS) is 11.0. The third kappa shape index (κ3) is 11.3. The van der Waals surface area contributed by atoms with Gasteiger partial charge in [0.2, 0.25) is 11.9 Å². The minimum atomic E-state index is 0.0396. The van der Waals surface area contributed by atoms with Crippen molar-refractivity contribution < 1.29 is 24.4 Å². The Balaban J connectivity index is 1.12. The van der Waals surface area contributed by atoms with Crippen LogP contribution >= 0.6 is 0 Å². The Kier molecular flexibility index (Phi) is 13.3. The fraction of sp³-hybridized carbons (Fsp3) is 0.273. The van der Waals surface area contributed by atoms with Crippen LogP contribution in [0.25, 0.3) is 22.5 Å². The molecular formula is C44H48N6O5. The molecule has 0 aliphatic carbocycles. The van der Waals surface area contributed by atoms with Crippen molar-refractivity contribution in [2.45, 2.75) is 59.2 Å². The van der Waals surface area contributed by atoms with Gasteiger partial charge in [-0.3, -0.25) is 0 Å². The maximum Gasteiger partial charge on any atom is 0.223 e. The molecule has 6 aromatic rings. The lowest BCUT2D eigenvalue weighted by atomic mass is 10.1. The van der Waals surface area contributed by atoms with Crippen molar-refractivity contribution in [2.24, 2.45) is 0 Å². The SMILES string of the molecule is CCCCOc1cccc(-c2nc(NCCc3ccc(O)cc3)ncc2COc2cc(CCNc3nccc(-c4cccc(OC(C)C)c4)n3)ccc2O)c1. The van der Waals surface area contributed by atoms with Crippen LogP contribution in [0.2, 0.25) is 0 Å². The van der Waals surface area contributed by atoms with E-state index < -0.39 is 0 Å². The molecule has 284 valence electrons. The molecule has 0 radical (unpaired) electrons. The minimum absolute atomic E-state index is 0.0396. The third-order valence-electron chi connectivity index (χ3n) is 8.63. The number of unbranched alkanes of at least 4 members (excludes halogenated alkanes) is 1. The summed E-state index contributed by atoms with van der Waals surface area (Å²) in [6, 6.07) is 30.1. The molecule has 0 aliphatic heterocycles. The first-order valence-corrected chi connectivity index (χ1v) is 18.7. The van der Waals surface area contributed by atoms with E-state index in [1.165, 1.54) is 0 Å². The van der Waals surface area contributed by atoms with Gasteiger partial charge < -0.3 is 35.1 Å². The van der Waals surface area contributed by atoms with Crippen LogP contribution in [0.1, 0.15) is 50.3 Å². The number of aromatic nitrogens is 4. The number of benzene rings is 4. The molecule has 11 heteroatoms. The molecule has 0 fully saturated rings. The summed E-state index contributed by atoms with van der Waals surface area (Å²) >= 11 is 0. The van der Waals surface area contributed by atoms with Gasteiger partial charge in [-0.05, 0) is 98.8 Å². The topological polar surface area (TPSA) is 144 Å². The number of hydrogen-bond acceptors (Lipinski definition) is 11. The fourth-order valence-corrected chi connectivity index (χ4v) is 5.81. The van der Waals surface area contributed by atoms with Gasteiger partial charge in [0.1, 0.15) is 23.9 Å². The van der Waals surface area contributed by atoms with Crippen molar-refractivity contribution in [1.29, 1.82) is 0 Å². The van der Waals surface area contributed by atoms with Gasteiger partial charge >= 0.3 is 0 Å². The van der Waals surface area contributed by atoms with E-state index in [-0.39, 0.29) is 24.2 Å². The molecule has 6 rings (SSSR count). The maximum absolute atomic E-state index is 10.8. The molecule has 0 saturated heterocycles. The summed E-state index contributed by atoms with van der Waals surface area (Å²) in [5.74, 6) is 3.20. The van der Waals surface area contributed by atoms with Gasteiger partial charge in [-0.25, -0.2) is 19.9 Å². The summed E-state index contributed by atoms with van der Waals surface area (Å²) < 4.78 is 18.1. The lowest BCUT2D eigenvalue weighted by Crippen LogP contribution is -2.10. The smallest absolute Gasteiger partial charge is 0.223 e. The van der Waals surface area contributed by atoms with Gasteiger partial charge in [-0.15, -0.1) is 0 Å². The fourth-order valence-electron chi connectivity index (χ4n) is 5.81. The van der Waals surface area contributed by atoms with Gasteiger partial charge in [0.25, 0.3) is 0 Å². The van der Waals surface area contributed by atoms with E-state index in [1.807, 2.05) is 92.7 Å². The quantitative estimate of drug-likeness (QED) is 0.0591. The van der Waals surface area contributed by atoms with Crippen LogP contribution in [-0.4, -0.2) is 55.9 Å². The molecule has 0 bridgehead atoms. The summed E-state index contributed by atoms with van der Waals surface area (Å²) in [6.45, 7) is 8.07. The second kappa shape index (κ2) is 19.1. The molecule has 11 nitrogen and oxygen atoms in total. The Morgan fingerprint density at radius 1 is 0.709 bits per heavy atom. The highest BCUT2D eigenvalue weighted by Gasteiger charge is 2.14. The zero-order valence-electron chi connectivity index (χ0n) is 31.5. The number of phenols is 2. The molecule has 2 heterocycles. The van der Waals surface area contributed by atoms with Crippen LogP contribution < -0.4 is 24.8 Å². The second-order valence-corrected chi connectivity index (χ2v) is 13.4. The first kappa shape index (κ1) is 38.4. The zero-order valence-corrected chi connectivity index (χ0v) is 31.5. The molecule has 0 spiro atoms. The molecule has 0 atom stereocenters. The number of nitrogens with zero attached hydrogens (tertiary/aromatic N) is 4. The predicted molar refractivity (Wildman–Crippen MR) is 216 cm³/mol. The Hall–Kier alpha value is -6.36. The van der Waals surface area contributed by atoms with Crippen molar-refractivity contribution in [1.82, 2.24) is 19.9 Å². The second-order valence-electron chi connectivity index (χ2n) is 13.4. The van der Waals surface area contributed by atoms with Crippen LogP contribution in [0.15, 0.2) is 109 Å².